The van der Waals surface area contributed by atoms with Crippen LogP contribution < -0.4 is 10.1 Å². The van der Waals surface area contributed by atoms with E-state index in [1.165, 1.54) is 0 Å². The Balaban J connectivity index is 1.59. The van der Waals surface area contributed by atoms with E-state index in [1.54, 1.807) is 42.7 Å². The van der Waals surface area contributed by atoms with Crippen LogP contribution in [0.15, 0.2) is 36.9 Å². The molecule has 0 aliphatic carbocycles. The van der Waals surface area contributed by atoms with Gasteiger partial charge in [-0.2, -0.15) is 0 Å². The van der Waals surface area contributed by atoms with E-state index in [1.807, 2.05) is 17.8 Å². The van der Waals surface area contributed by atoms with Gasteiger partial charge in [-0.25, -0.2) is 4.98 Å². The summed E-state index contributed by atoms with van der Waals surface area (Å²) in [6, 6.07) is 3.34. The molecule has 0 saturated carbocycles. The summed E-state index contributed by atoms with van der Waals surface area (Å²) in [5.41, 5.74) is 0. The summed E-state index contributed by atoms with van der Waals surface area (Å²) in [7, 11) is 3.70. The van der Waals surface area contributed by atoms with Crippen molar-refractivity contribution in [3.63, 3.8) is 0 Å². The number of amides is 2. The molecule has 138 valence electrons. The van der Waals surface area contributed by atoms with Crippen molar-refractivity contribution >= 4 is 11.8 Å². The first-order valence-electron chi connectivity index (χ1n) is 8.58. The fraction of sp³-hybridized carbons (Fsp3) is 0.444. The smallest absolute Gasteiger partial charge is 0.257 e. The Hall–Kier alpha value is -2.90. The molecule has 0 radical (unpaired) electrons. The molecule has 0 spiro atoms. The number of pyridine rings is 1. The molecule has 1 N–H and O–H groups in total. The Morgan fingerprint density at radius 1 is 1.38 bits per heavy atom. The first-order valence-corrected chi connectivity index (χ1v) is 8.58. The molecule has 26 heavy (non-hydrogen) atoms. The van der Waals surface area contributed by atoms with Gasteiger partial charge in [0.25, 0.3) is 5.91 Å². The zero-order valence-electron chi connectivity index (χ0n) is 15.0. The molecule has 2 aromatic rings. The average Bonchev–Trinajstić information content (AvgIpc) is 3.07. The van der Waals surface area contributed by atoms with Gasteiger partial charge in [-0.3, -0.25) is 14.6 Å². The van der Waals surface area contributed by atoms with Crippen molar-refractivity contribution < 1.29 is 14.3 Å². The quantitative estimate of drug-likeness (QED) is 0.830. The van der Waals surface area contributed by atoms with Gasteiger partial charge in [0.05, 0.1) is 12.2 Å². The van der Waals surface area contributed by atoms with Crippen LogP contribution in [0, 0.1) is 5.92 Å². The van der Waals surface area contributed by atoms with Gasteiger partial charge in [0, 0.05) is 51.6 Å². The van der Waals surface area contributed by atoms with Gasteiger partial charge in [0.15, 0.2) is 6.61 Å². The number of nitrogens with one attached hydrogen (secondary N) is 1. The maximum absolute atomic E-state index is 12.1. The summed E-state index contributed by atoms with van der Waals surface area (Å²) in [5, 5.41) is 2.91. The summed E-state index contributed by atoms with van der Waals surface area (Å²) in [4.78, 5) is 34.3. The number of carbonyl (C=O) groups excluding carboxylic acids is 2. The van der Waals surface area contributed by atoms with E-state index in [9.17, 15) is 9.59 Å². The van der Waals surface area contributed by atoms with E-state index >= 15 is 0 Å². The van der Waals surface area contributed by atoms with Crippen molar-refractivity contribution in [2.75, 3.05) is 20.2 Å². The van der Waals surface area contributed by atoms with E-state index in [4.69, 9.17) is 4.74 Å². The van der Waals surface area contributed by atoms with Gasteiger partial charge in [-0.15, -0.1) is 0 Å². The second-order valence-electron chi connectivity index (χ2n) is 6.43. The molecule has 1 aliphatic rings. The van der Waals surface area contributed by atoms with Crippen LogP contribution in [0.25, 0.3) is 0 Å². The van der Waals surface area contributed by atoms with Crippen molar-refractivity contribution in [1.82, 2.24) is 24.8 Å². The molecule has 2 amide bonds. The molecule has 3 heterocycles. The van der Waals surface area contributed by atoms with Gasteiger partial charge in [0.1, 0.15) is 11.6 Å². The van der Waals surface area contributed by atoms with E-state index in [-0.39, 0.29) is 30.4 Å². The lowest BCUT2D eigenvalue weighted by Gasteiger charge is -2.38. The second kappa shape index (κ2) is 7.99. The summed E-state index contributed by atoms with van der Waals surface area (Å²) in [6.07, 6.45) is 7.98. The van der Waals surface area contributed by atoms with E-state index in [2.05, 4.69) is 15.3 Å². The zero-order valence-corrected chi connectivity index (χ0v) is 15.0. The summed E-state index contributed by atoms with van der Waals surface area (Å²) >= 11 is 0. The first kappa shape index (κ1) is 17.9. The maximum Gasteiger partial charge on any atom is 0.257 e. The molecule has 2 aromatic heterocycles. The lowest BCUT2D eigenvalue weighted by atomic mass is 9.88. The van der Waals surface area contributed by atoms with Crippen molar-refractivity contribution in [2.24, 2.45) is 13.0 Å². The first-order chi connectivity index (χ1) is 12.6. The third-order valence-corrected chi connectivity index (χ3v) is 4.67. The molecule has 0 bridgehead atoms. The van der Waals surface area contributed by atoms with E-state index in [0.29, 0.717) is 25.1 Å². The molecular weight excluding hydrogens is 334 g/mol. The van der Waals surface area contributed by atoms with Crippen molar-refractivity contribution in [3.8, 4) is 5.75 Å². The number of aromatic nitrogens is 3. The lowest BCUT2D eigenvalue weighted by Crippen LogP contribution is -2.45. The maximum atomic E-state index is 12.1. The van der Waals surface area contributed by atoms with Gasteiger partial charge in [-0.05, 0) is 18.6 Å². The molecule has 0 unspecified atom stereocenters. The van der Waals surface area contributed by atoms with Gasteiger partial charge in [0.2, 0.25) is 5.91 Å². The summed E-state index contributed by atoms with van der Waals surface area (Å²) in [6.45, 7) is 0.393. The molecule has 2 atom stereocenters. The number of rotatable bonds is 6. The number of likely N-dealkylation sites (tertiary alicyclic amines) is 1. The number of ether oxygens (including phenoxy) is 1. The van der Waals surface area contributed by atoms with Gasteiger partial charge < -0.3 is 19.5 Å². The Bertz CT molecular complexity index is 761. The molecule has 1 saturated heterocycles. The minimum Gasteiger partial charge on any atom is -0.482 e. The van der Waals surface area contributed by atoms with E-state index < -0.39 is 0 Å². The minimum absolute atomic E-state index is 0.0692. The van der Waals surface area contributed by atoms with Crippen LogP contribution >= 0.6 is 0 Å². The Morgan fingerprint density at radius 2 is 2.23 bits per heavy atom. The van der Waals surface area contributed by atoms with Crippen molar-refractivity contribution in [3.05, 3.63) is 42.7 Å². The Labute approximate surface area is 152 Å². The number of hydrogen-bond donors (Lipinski definition) is 1. The Kier molecular flexibility index (Phi) is 5.50. The predicted molar refractivity (Wildman–Crippen MR) is 94.2 cm³/mol. The molecule has 8 heteroatoms. The summed E-state index contributed by atoms with van der Waals surface area (Å²) in [5.74, 6) is 1.37. The average molecular weight is 357 g/mol. The largest absolute Gasteiger partial charge is 0.482 e. The van der Waals surface area contributed by atoms with Crippen LogP contribution in [0.4, 0.5) is 0 Å². The molecule has 1 aliphatic heterocycles. The van der Waals surface area contributed by atoms with Crippen molar-refractivity contribution in [2.45, 2.75) is 18.9 Å². The fourth-order valence-corrected chi connectivity index (χ4v) is 3.25. The van der Waals surface area contributed by atoms with Crippen LogP contribution in [-0.2, 0) is 16.6 Å². The third-order valence-electron chi connectivity index (χ3n) is 4.67. The van der Waals surface area contributed by atoms with Crippen LogP contribution in [0.1, 0.15) is 24.7 Å². The molecular formula is C18H23N5O3. The minimum atomic E-state index is -0.202. The third kappa shape index (κ3) is 4.01. The Morgan fingerprint density at radius 3 is 2.92 bits per heavy atom. The van der Waals surface area contributed by atoms with Crippen LogP contribution in [-0.4, -0.2) is 51.4 Å². The number of imidazole rings is 1. The molecule has 8 nitrogen and oxygen atoms in total. The van der Waals surface area contributed by atoms with Crippen LogP contribution in [0.2, 0.25) is 0 Å². The van der Waals surface area contributed by atoms with E-state index in [0.717, 1.165) is 5.82 Å². The number of aryl methyl sites for hydroxylation is 1. The highest BCUT2D eigenvalue weighted by Crippen LogP contribution is 2.34. The topological polar surface area (TPSA) is 89.3 Å². The lowest BCUT2D eigenvalue weighted by molar-refractivity contribution is -0.137. The van der Waals surface area contributed by atoms with Crippen LogP contribution in [0.5, 0.6) is 5.75 Å². The highest BCUT2D eigenvalue weighted by Gasteiger charge is 2.36. The molecule has 0 aromatic carbocycles. The predicted octanol–water partition coefficient (Wildman–Crippen LogP) is 0.920. The molecule has 1 fully saturated rings. The van der Waals surface area contributed by atoms with Crippen molar-refractivity contribution in [1.29, 1.82) is 0 Å². The SMILES string of the molecule is CN1C(=O)CC[C@H](CNC(=O)COc2cccnc2)[C@H]1c1nccn1C. The number of carbonyl (C=O) groups is 2. The normalized spacial score (nSPS) is 20.1. The fourth-order valence-electron chi connectivity index (χ4n) is 3.25. The van der Waals surface area contributed by atoms with Crippen LogP contribution in [0.3, 0.4) is 0 Å². The number of piperidine rings is 1. The number of nitrogens with zero attached hydrogens (tertiary/aromatic N) is 4. The van der Waals surface area contributed by atoms with Gasteiger partial charge >= 0.3 is 0 Å². The number of hydrogen-bond acceptors (Lipinski definition) is 5. The summed E-state index contributed by atoms with van der Waals surface area (Å²) < 4.78 is 7.33. The highest BCUT2D eigenvalue weighted by atomic mass is 16.5. The zero-order chi connectivity index (χ0) is 18.5. The second-order valence-corrected chi connectivity index (χ2v) is 6.43. The molecule has 3 rings (SSSR count). The van der Waals surface area contributed by atoms with Gasteiger partial charge in [-0.1, -0.05) is 0 Å². The monoisotopic (exact) mass is 357 g/mol. The standard InChI is InChI=1S/C18H23N5O3/c1-22-9-8-20-18(22)17-13(5-6-16(25)23(17)2)10-21-15(24)12-26-14-4-3-7-19-11-14/h3-4,7-9,11,13,17H,5-6,10,12H2,1-2H3,(H,21,24)/t13-,17+/m1/s1. The highest BCUT2D eigenvalue weighted by molar-refractivity contribution is 5.78.